The average Bonchev–Trinajstić information content (AvgIpc) is 2.82. The fourth-order valence-corrected chi connectivity index (χ4v) is 3.68. The van der Waals surface area contributed by atoms with E-state index in [4.69, 9.17) is 5.73 Å². The van der Waals surface area contributed by atoms with E-state index in [1.54, 1.807) is 0 Å². The van der Waals surface area contributed by atoms with Crippen LogP contribution in [0.15, 0.2) is 0 Å². The summed E-state index contributed by atoms with van der Waals surface area (Å²) < 4.78 is 0. The van der Waals surface area contributed by atoms with Crippen molar-refractivity contribution < 1.29 is 19.5 Å². The van der Waals surface area contributed by atoms with Crippen LogP contribution in [-0.4, -0.2) is 28.9 Å². The van der Waals surface area contributed by atoms with E-state index < -0.39 is 17.8 Å². The van der Waals surface area contributed by atoms with Gasteiger partial charge in [0.2, 0.25) is 11.8 Å². The number of primary amides is 1. The van der Waals surface area contributed by atoms with Gasteiger partial charge in [-0.15, -0.1) is 0 Å². The van der Waals surface area contributed by atoms with Gasteiger partial charge in [0.15, 0.2) is 0 Å². The Kier molecular flexibility index (Phi) is 4.85. The lowest BCUT2D eigenvalue weighted by Gasteiger charge is -2.28. The van der Waals surface area contributed by atoms with Gasteiger partial charge in [0.1, 0.15) is 0 Å². The Morgan fingerprint density at radius 1 is 1.05 bits per heavy atom. The maximum Gasteiger partial charge on any atom is 0.307 e. The quantitative estimate of drug-likeness (QED) is 0.715. The Hall–Kier alpha value is -1.59. The molecule has 3 unspecified atom stereocenters. The number of carbonyl (C=O) groups is 3. The minimum absolute atomic E-state index is 0.0402. The molecule has 6 nitrogen and oxygen atoms in total. The summed E-state index contributed by atoms with van der Waals surface area (Å²) in [4.78, 5) is 34.7. The zero-order chi connectivity index (χ0) is 15.6. The molecule has 2 rings (SSSR count). The summed E-state index contributed by atoms with van der Waals surface area (Å²) in [5.41, 5.74) is 5.29. The first-order valence-corrected chi connectivity index (χ1v) is 7.71. The number of hydrogen-bond acceptors (Lipinski definition) is 3. The van der Waals surface area contributed by atoms with Crippen LogP contribution in [0.25, 0.3) is 0 Å². The first-order valence-electron chi connectivity index (χ1n) is 7.71. The number of nitrogens with one attached hydrogen (secondary N) is 1. The number of carboxylic acids is 1. The van der Waals surface area contributed by atoms with Gasteiger partial charge >= 0.3 is 5.97 Å². The van der Waals surface area contributed by atoms with Gasteiger partial charge in [-0.3, -0.25) is 14.4 Å². The summed E-state index contributed by atoms with van der Waals surface area (Å²) in [7, 11) is 0. The summed E-state index contributed by atoms with van der Waals surface area (Å²) in [6, 6.07) is 0.0402. The highest BCUT2D eigenvalue weighted by molar-refractivity contribution is 5.85. The van der Waals surface area contributed by atoms with Crippen molar-refractivity contribution >= 4 is 17.8 Å². The number of aliphatic carboxylic acids is 1. The molecule has 3 atom stereocenters. The second-order valence-corrected chi connectivity index (χ2v) is 6.59. The molecular formula is C15H24N2O4. The molecule has 2 saturated carbocycles. The van der Waals surface area contributed by atoms with E-state index in [2.05, 4.69) is 5.32 Å². The van der Waals surface area contributed by atoms with E-state index in [1.165, 1.54) is 0 Å². The lowest BCUT2D eigenvalue weighted by molar-refractivity contribution is -0.146. The monoisotopic (exact) mass is 296 g/mol. The standard InChI is InChI=1S/C15H24N2O4/c1-8-6-11(12(7-8)15(20)21)14(19)17-10-4-2-9(3-5-10)13(16)18/h8-12H,2-7H2,1H3,(H2,16,18)(H,17,19)(H,20,21). The molecule has 2 aliphatic carbocycles. The van der Waals surface area contributed by atoms with Gasteiger partial charge in [-0.1, -0.05) is 6.92 Å². The van der Waals surface area contributed by atoms with Crippen molar-refractivity contribution in [2.75, 3.05) is 0 Å². The molecule has 0 aromatic rings. The lowest BCUT2D eigenvalue weighted by Crippen LogP contribution is -2.43. The molecule has 0 spiro atoms. The second kappa shape index (κ2) is 6.45. The molecule has 118 valence electrons. The van der Waals surface area contributed by atoms with Crippen LogP contribution in [0.3, 0.4) is 0 Å². The van der Waals surface area contributed by atoms with Gasteiger partial charge in [0, 0.05) is 12.0 Å². The summed E-state index contributed by atoms with van der Waals surface area (Å²) >= 11 is 0. The number of nitrogens with two attached hydrogens (primary N) is 1. The van der Waals surface area contributed by atoms with Crippen molar-refractivity contribution in [3.8, 4) is 0 Å². The Morgan fingerprint density at radius 3 is 2.14 bits per heavy atom. The third-order valence-electron chi connectivity index (χ3n) is 4.93. The van der Waals surface area contributed by atoms with E-state index in [1.807, 2.05) is 6.92 Å². The van der Waals surface area contributed by atoms with Gasteiger partial charge in [0.25, 0.3) is 0 Å². The molecule has 2 fully saturated rings. The number of carbonyl (C=O) groups excluding carboxylic acids is 2. The molecule has 0 aromatic heterocycles. The van der Waals surface area contributed by atoms with E-state index in [9.17, 15) is 19.5 Å². The van der Waals surface area contributed by atoms with Crippen LogP contribution < -0.4 is 11.1 Å². The number of rotatable bonds is 4. The van der Waals surface area contributed by atoms with Crippen molar-refractivity contribution in [3.05, 3.63) is 0 Å². The highest BCUT2D eigenvalue weighted by atomic mass is 16.4. The summed E-state index contributed by atoms with van der Waals surface area (Å²) in [6.45, 7) is 1.99. The zero-order valence-electron chi connectivity index (χ0n) is 12.4. The molecule has 2 aliphatic rings. The fourth-order valence-electron chi connectivity index (χ4n) is 3.68. The topological polar surface area (TPSA) is 109 Å². The maximum atomic E-state index is 12.3. The zero-order valence-corrected chi connectivity index (χ0v) is 12.4. The molecule has 0 aliphatic heterocycles. The van der Waals surface area contributed by atoms with Crippen molar-refractivity contribution in [3.63, 3.8) is 0 Å². The Bertz CT molecular complexity index is 429. The number of amides is 2. The van der Waals surface area contributed by atoms with E-state index in [-0.39, 0.29) is 29.7 Å². The minimum Gasteiger partial charge on any atom is -0.481 e. The van der Waals surface area contributed by atoms with Gasteiger partial charge < -0.3 is 16.2 Å². The van der Waals surface area contributed by atoms with Crippen LogP contribution in [0, 0.1) is 23.7 Å². The highest BCUT2D eigenvalue weighted by Gasteiger charge is 2.41. The Labute approximate surface area is 124 Å². The van der Waals surface area contributed by atoms with E-state index >= 15 is 0 Å². The van der Waals surface area contributed by atoms with Crippen LogP contribution in [0.5, 0.6) is 0 Å². The Balaban J connectivity index is 1.87. The fraction of sp³-hybridized carbons (Fsp3) is 0.800. The predicted molar refractivity (Wildman–Crippen MR) is 76.1 cm³/mol. The van der Waals surface area contributed by atoms with Crippen LogP contribution in [0.4, 0.5) is 0 Å². The van der Waals surface area contributed by atoms with Crippen LogP contribution in [0.2, 0.25) is 0 Å². The minimum atomic E-state index is -0.878. The van der Waals surface area contributed by atoms with Crippen molar-refractivity contribution in [2.45, 2.75) is 51.5 Å². The summed E-state index contributed by atoms with van der Waals surface area (Å²) in [6.07, 6.45) is 4.08. The van der Waals surface area contributed by atoms with Crippen LogP contribution >= 0.6 is 0 Å². The summed E-state index contributed by atoms with van der Waals surface area (Å²) in [5.74, 6) is -2.10. The predicted octanol–water partition coefficient (Wildman–Crippen LogP) is 0.894. The molecule has 2 amide bonds. The van der Waals surface area contributed by atoms with Gasteiger partial charge in [0.05, 0.1) is 11.8 Å². The van der Waals surface area contributed by atoms with Crippen LogP contribution in [0.1, 0.15) is 45.4 Å². The normalized spacial score (nSPS) is 36.1. The second-order valence-electron chi connectivity index (χ2n) is 6.59. The smallest absolute Gasteiger partial charge is 0.307 e. The molecule has 0 bridgehead atoms. The number of carboxylic acid groups (broad SMARTS) is 1. The van der Waals surface area contributed by atoms with E-state index in [0.29, 0.717) is 25.7 Å². The summed E-state index contributed by atoms with van der Waals surface area (Å²) in [5, 5.41) is 12.2. The van der Waals surface area contributed by atoms with E-state index in [0.717, 1.165) is 12.8 Å². The largest absolute Gasteiger partial charge is 0.481 e. The Morgan fingerprint density at radius 2 is 1.62 bits per heavy atom. The van der Waals surface area contributed by atoms with Crippen molar-refractivity contribution in [1.29, 1.82) is 0 Å². The molecule has 21 heavy (non-hydrogen) atoms. The van der Waals surface area contributed by atoms with Crippen LogP contribution in [-0.2, 0) is 14.4 Å². The van der Waals surface area contributed by atoms with Gasteiger partial charge in [-0.05, 0) is 44.4 Å². The molecule has 6 heteroatoms. The lowest BCUT2D eigenvalue weighted by atomic mass is 9.85. The number of hydrogen-bond donors (Lipinski definition) is 3. The third-order valence-corrected chi connectivity index (χ3v) is 4.93. The molecule has 0 heterocycles. The third kappa shape index (κ3) is 3.74. The molecule has 0 aromatic carbocycles. The van der Waals surface area contributed by atoms with Crippen molar-refractivity contribution in [2.24, 2.45) is 29.4 Å². The SMILES string of the molecule is CC1CC(C(=O)O)C(C(=O)NC2CCC(C(N)=O)CC2)C1. The molecular weight excluding hydrogens is 272 g/mol. The highest BCUT2D eigenvalue weighted by Crippen LogP contribution is 2.37. The van der Waals surface area contributed by atoms with Crippen molar-refractivity contribution in [1.82, 2.24) is 5.32 Å². The first kappa shape index (κ1) is 15.8. The molecule has 0 saturated heterocycles. The maximum absolute atomic E-state index is 12.3. The van der Waals surface area contributed by atoms with Gasteiger partial charge in [-0.25, -0.2) is 0 Å². The molecule has 0 radical (unpaired) electrons. The molecule has 4 N–H and O–H groups in total. The first-order chi connectivity index (χ1) is 9.88. The average molecular weight is 296 g/mol. The van der Waals surface area contributed by atoms with Gasteiger partial charge in [-0.2, -0.15) is 0 Å².